The molecule has 0 amide bonds. The van der Waals surface area contributed by atoms with Gasteiger partial charge in [-0.25, -0.2) is 0 Å². The van der Waals surface area contributed by atoms with Crippen molar-refractivity contribution in [1.29, 1.82) is 0 Å². The lowest BCUT2D eigenvalue weighted by atomic mass is 10.00. The third-order valence-corrected chi connectivity index (χ3v) is 3.56. The third kappa shape index (κ3) is 2.99. The first-order valence-corrected chi connectivity index (χ1v) is 6.19. The molecule has 0 unspecified atom stereocenters. The van der Waals surface area contributed by atoms with E-state index in [0.717, 1.165) is 17.4 Å². The van der Waals surface area contributed by atoms with Crippen molar-refractivity contribution in [2.45, 2.75) is 31.2 Å². The van der Waals surface area contributed by atoms with Crippen molar-refractivity contribution in [1.82, 2.24) is 4.90 Å². The fourth-order valence-electron chi connectivity index (χ4n) is 2.32. The van der Waals surface area contributed by atoms with Crippen LogP contribution in [0.4, 0.5) is 0 Å². The average Bonchev–Trinajstić information content (AvgIpc) is 2.22. The van der Waals surface area contributed by atoms with Crippen molar-refractivity contribution < 1.29 is 0 Å². The summed E-state index contributed by atoms with van der Waals surface area (Å²) in [5, 5.41) is 0. The Labute approximate surface area is 97.9 Å². The van der Waals surface area contributed by atoms with Crippen molar-refractivity contribution in [2.75, 3.05) is 13.1 Å². The SMILES string of the molecule is C[C@@H]1CCCN(Cc2ccccc2S)C1. The highest BCUT2D eigenvalue weighted by Gasteiger charge is 2.16. The van der Waals surface area contributed by atoms with E-state index in [1.54, 1.807) is 0 Å². The Bertz CT molecular complexity index is 324. The van der Waals surface area contributed by atoms with Gasteiger partial charge in [0.05, 0.1) is 0 Å². The van der Waals surface area contributed by atoms with Gasteiger partial charge in [0.2, 0.25) is 0 Å². The normalized spacial score (nSPS) is 22.9. The molecule has 1 aliphatic rings. The van der Waals surface area contributed by atoms with Crippen LogP contribution in [0.5, 0.6) is 0 Å². The zero-order valence-corrected chi connectivity index (χ0v) is 10.2. The summed E-state index contributed by atoms with van der Waals surface area (Å²) < 4.78 is 0. The Morgan fingerprint density at radius 1 is 1.40 bits per heavy atom. The van der Waals surface area contributed by atoms with Gasteiger partial charge < -0.3 is 0 Å². The van der Waals surface area contributed by atoms with Gasteiger partial charge in [-0.05, 0) is 36.9 Å². The minimum absolute atomic E-state index is 0.853. The van der Waals surface area contributed by atoms with Gasteiger partial charge in [-0.2, -0.15) is 0 Å². The maximum Gasteiger partial charge on any atom is 0.0244 e. The highest BCUT2D eigenvalue weighted by molar-refractivity contribution is 7.80. The van der Waals surface area contributed by atoms with E-state index in [1.165, 1.54) is 31.5 Å². The van der Waals surface area contributed by atoms with E-state index >= 15 is 0 Å². The summed E-state index contributed by atoms with van der Waals surface area (Å²) in [6, 6.07) is 8.40. The summed E-state index contributed by atoms with van der Waals surface area (Å²) >= 11 is 4.49. The largest absolute Gasteiger partial charge is 0.299 e. The lowest BCUT2D eigenvalue weighted by molar-refractivity contribution is 0.175. The number of benzene rings is 1. The van der Waals surface area contributed by atoms with E-state index in [2.05, 4.69) is 42.7 Å². The van der Waals surface area contributed by atoms with Crippen LogP contribution in [0.25, 0.3) is 0 Å². The van der Waals surface area contributed by atoms with Crippen molar-refractivity contribution in [3.8, 4) is 0 Å². The molecule has 1 aromatic rings. The van der Waals surface area contributed by atoms with E-state index in [0.29, 0.717) is 0 Å². The minimum atomic E-state index is 0.853. The summed E-state index contributed by atoms with van der Waals surface area (Å²) in [7, 11) is 0. The van der Waals surface area contributed by atoms with Gasteiger partial charge in [-0.3, -0.25) is 4.90 Å². The predicted molar refractivity (Wildman–Crippen MR) is 67.4 cm³/mol. The molecule has 1 nitrogen and oxygen atoms in total. The van der Waals surface area contributed by atoms with Gasteiger partial charge in [0.1, 0.15) is 0 Å². The Morgan fingerprint density at radius 2 is 2.20 bits per heavy atom. The predicted octanol–water partition coefficient (Wildman–Crippen LogP) is 3.21. The van der Waals surface area contributed by atoms with Crippen LogP contribution in [0, 0.1) is 5.92 Å². The van der Waals surface area contributed by atoms with Crippen LogP contribution in [-0.2, 0) is 6.54 Å². The van der Waals surface area contributed by atoms with Crippen molar-refractivity contribution in [2.24, 2.45) is 5.92 Å². The zero-order valence-electron chi connectivity index (χ0n) is 9.32. The number of piperidine rings is 1. The van der Waals surface area contributed by atoms with Crippen LogP contribution in [0.15, 0.2) is 29.2 Å². The number of nitrogens with zero attached hydrogens (tertiary/aromatic N) is 1. The van der Waals surface area contributed by atoms with E-state index in [4.69, 9.17) is 0 Å². The number of likely N-dealkylation sites (tertiary alicyclic amines) is 1. The van der Waals surface area contributed by atoms with Crippen molar-refractivity contribution in [3.05, 3.63) is 29.8 Å². The first-order chi connectivity index (χ1) is 7.25. The van der Waals surface area contributed by atoms with Crippen LogP contribution in [0.1, 0.15) is 25.3 Å². The molecule has 0 radical (unpaired) electrons. The molecule has 1 heterocycles. The molecule has 1 atom stereocenters. The number of thiol groups is 1. The van der Waals surface area contributed by atoms with Crippen LogP contribution < -0.4 is 0 Å². The lowest BCUT2D eigenvalue weighted by Gasteiger charge is -2.31. The van der Waals surface area contributed by atoms with Gasteiger partial charge in [0.25, 0.3) is 0 Å². The van der Waals surface area contributed by atoms with Gasteiger partial charge in [0.15, 0.2) is 0 Å². The second-order valence-corrected chi connectivity index (χ2v) is 5.09. The molecule has 0 aliphatic carbocycles. The van der Waals surface area contributed by atoms with Crippen LogP contribution in [0.2, 0.25) is 0 Å². The second-order valence-electron chi connectivity index (χ2n) is 4.61. The number of hydrogen-bond acceptors (Lipinski definition) is 2. The fraction of sp³-hybridized carbons (Fsp3) is 0.538. The molecule has 0 spiro atoms. The molecule has 2 rings (SSSR count). The minimum Gasteiger partial charge on any atom is -0.299 e. The lowest BCUT2D eigenvalue weighted by Crippen LogP contribution is -2.33. The fourth-order valence-corrected chi connectivity index (χ4v) is 2.55. The number of hydrogen-bond donors (Lipinski definition) is 1. The Kier molecular flexibility index (Phi) is 3.71. The highest BCUT2D eigenvalue weighted by atomic mass is 32.1. The van der Waals surface area contributed by atoms with Gasteiger partial charge >= 0.3 is 0 Å². The molecule has 0 N–H and O–H groups in total. The molecule has 1 aliphatic heterocycles. The Balaban J connectivity index is 1.99. The van der Waals surface area contributed by atoms with Gasteiger partial charge in [-0.1, -0.05) is 25.1 Å². The zero-order chi connectivity index (χ0) is 10.7. The third-order valence-electron chi connectivity index (χ3n) is 3.13. The summed E-state index contributed by atoms with van der Waals surface area (Å²) in [6.45, 7) is 5.89. The van der Waals surface area contributed by atoms with Crippen molar-refractivity contribution in [3.63, 3.8) is 0 Å². The first-order valence-electron chi connectivity index (χ1n) is 5.75. The summed E-state index contributed by atoms with van der Waals surface area (Å²) in [5.41, 5.74) is 1.36. The summed E-state index contributed by atoms with van der Waals surface area (Å²) in [4.78, 5) is 3.67. The topological polar surface area (TPSA) is 3.24 Å². The quantitative estimate of drug-likeness (QED) is 0.751. The van der Waals surface area contributed by atoms with Crippen LogP contribution >= 0.6 is 12.6 Å². The van der Waals surface area contributed by atoms with Gasteiger partial charge in [-0.15, -0.1) is 12.6 Å². The molecule has 2 heteroatoms. The molecule has 1 aromatic carbocycles. The number of rotatable bonds is 2. The molecular weight excluding hydrogens is 202 g/mol. The van der Waals surface area contributed by atoms with Crippen LogP contribution in [-0.4, -0.2) is 18.0 Å². The maximum atomic E-state index is 4.49. The molecule has 0 bridgehead atoms. The van der Waals surface area contributed by atoms with E-state index in [-0.39, 0.29) is 0 Å². The molecule has 82 valence electrons. The standard InChI is InChI=1S/C13H19NS/c1-11-5-4-8-14(9-11)10-12-6-2-3-7-13(12)15/h2-3,6-7,11,15H,4-5,8-10H2,1H3/t11-/m1/s1. The average molecular weight is 221 g/mol. The smallest absolute Gasteiger partial charge is 0.0244 e. The van der Waals surface area contributed by atoms with E-state index in [9.17, 15) is 0 Å². The summed E-state index contributed by atoms with van der Waals surface area (Å²) in [5.74, 6) is 0.853. The molecule has 15 heavy (non-hydrogen) atoms. The molecular formula is C13H19NS. The molecule has 0 aromatic heterocycles. The molecule has 0 saturated carbocycles. The molecule has 1 saturated heterocycles. The van der Waals surface area contributed by atoms with E-state index in [1.807, 2.05) is 6.07 Å². The second kappa shape index (κ2) is 5.04. The van der Waals surface area contributed by atoms with Gasteiger partial charge in [0, 0.05) is 18.0 Å². The van der Waals surface area contributed by atoms with Crippen LogP contribution in [0.3, 0.4) is 0 Å². The monoisotopic (exact) mass is 221 g/mol. The summed E-state index contributed by atoms with van der Waals surface area (Å²) in [6.07, 6.45) is 2.73. The van der Waals surface area contributed by atoms with E-state index < -0.39 is 0 Å². The Hall–Kier alpha value is -0.470. The maximum absolute atomic E-state index is 4.49. The highest BCUT2D eigenvalue weighted by Crippen LogP contribution is 2.20. The first kappa shape index (κ1) is 11.0. The Morgan fingerprint density at radius 3 is 2.93 bits per heavy atom. The van der Waals surface area contributed by atoms with Crippen molar-refractivity contribution >= 4 is 12.6 Å². The molecule has 1 fully saturated rings.